The minimum absolute atomic E-state index is 0.0214. The van der Waals surface area contributed by atoms with E-state index in [1.54, 1.807) is 13.8 Å². The van der Waals surface area contributed by atoms with Crippen molar-refractivity contribution in [3.63, 3.8) is 0 Å². The molecule has 3 N–H and O–H groups in total. The first-order valence-electron chi connectivity index (χ1n) is 5.51. The Labute approximate surface area is 95.1 Å². The molecule has 0 aromatic rings. The predicted octanol–water partition coefficient (Wildman–Crippen LogP) is -0.191. The zero-order valence-corrected chi connectivity index (χ0v) is 9.77. The molecule has 0 radical (unpaired) electrons. The monoisotopic (exact) mass is 232 g/mol. The van der Waals surface area contributed by atoms with E-state index in [-0.39, 0.29) is 12.8 Å². The van der Waals surface area contributed by atoms with Crippen LogP contribution in [0.15, 0.2) is 0 Å². The topological polar surface area (TPSA) is 94.8 Å². The maximum atomic E-state index is 11.5. The van der Waals surface area contributed by atoms with Crippen molar-refractivity contribution in [2.24, 2.45) is 0 Å². The molecule has 0 amide bonds. The van der Waals surface area contributed by atoms with Gasteiger partial charge >= 0.3 is 0 Å². The molecule has 2 atom stereocenters. The SMILES string of the molecule is CCCC(=O)C(O)C(O)(CO)C(=O)CCC. The third-order valence-corrected chi connectivity index (χ3v) is 2.45. The first-order valence-corrected chi connectivity index (χ1v) is 5.51. The van der Waals surface area contributed by atoms with Crippen LogP contribution >= 0.6 is 0 Å². The number of aliphatic hydroxyl groups is 3. The van der Waals surface area contributed by atoms with Gasteiger partial charge in [0, 0.05) is 12.8 Å². The van der Waals surface area contributed by atoms with Gasteiger partial charge in [-0.05, 0) is 12.8 Å². The van der Waals surface area contributed by atoms with Gasteiger partial charge in [-0.25, -0.2) is 0 Å². The van der Waals surface area contributed by atoms with Crippen LogP contribution in [0.1, 0.15) is 39.5 Å². The summed E-state index contributed by atoms with van der Waals surface area (Å²) in [5, 5.41) is 28.4. The van der Waals surface area contributed by atoms with E-state index in [0.29, 0.717) is 12.8 Å². The Hall–Kier alpha value is -0.780. The van der Waals surface area contributed by atoms with Crippen molar-refractivity contribution in [2.75, 3.05) is 6.61 Å². The molecule has 0 aliphatic carbocycles. The summed E-state index contributed by atoms with van der Waals surface area (Å²) < 4.78 is 0. The van der Waals surface area contributed by atoms with Crippen molar-refractivity contribution in [2.45, 2.75) is 51.2 Å². The molecular formula is C11H20O5. The highest BCUT2D eigenvalue weighted by Crippen LogP contribution is 2.17. The van der Waals surface area contributed by atoms with Crippen molar-refractivity contribution >= 4 is 11.6 Å². The highest BCUT2D eigenvalue weighted by molar-refractivity contribution is 5.96. The lowest BCUT2D eigenvalue weighted by Gasteiger charge is -2.28. The molecule has 16 heavy (non-hydrogen) atoms. The zero-order chi connectivity index (χ0) is 12.8. The summed E-state index contributed by atoms with van der Waals surface area (Å²) in [7, 11) is 0. The first-order chi connectivity index (χ1) is 7.43. The second kappa shape index (κ2) is 6.73. The summed E-state index contributed by atoms with van der Waals surface area (Å²) in [6.07, 6.45) is -0.748. The average Bonchev–Trinajstić information content (AvgIpc) is 2.27. The Morgan fingerprint density at radius 1 is 1.19 bits per heavy atom. The number of hydrogen-bond donors (Lipinski definition) is 3. The van der Waals surface area contributed by atoms with E-state index in [2.05, 4.69) is 0 Å². The van der Waals surface area contributed by atoms with Gasteiger partial charge in [0.25, 0.3) is 0 Å². The van der Waals surface area contributed by atoms with Crippen LogP contribution in [-0.2, 0) is 9.59 Å². The number of rotatable bonds is 8. The summed E-state index contributed by atoms with van der Waals surface area (Å²) in [6, 6.07) is 0. The van der Waals surface area contributed by atoms with Gasteiger partial charge in [0.15, 0.2) is 23.3 Å². The van der Waals surface area contributed by atoms with E-state index in [1.807, 2.05) is 0 Å². The molecule has 2 unspecified atom stereocenters. The molecule has 0 heterocycles. The Kier molecular flexibility index (Phi) is 6.40. The predicted molar refractivity (Wildman–Crippen MR) is 57.9 cm³/mol. The van der Waals surface area contributed by atoms with E-state index in [1.165, 1.54) is 0 Å². The fraction of sp³-hybridized carbons (Fsp3) is 0.818. The third-order valence-electron chi connectivity index (χ3n) is 2.45. The number of aliphatic hydroxyl groups excluding tert-OH is 2. The highest BCUT2D eigenvalue weighted by atomic mass is 16.4. The van der Waals surface area contributed by atoms with Gasteiger partial charge in [-0.15, -0.1) is 0 Å². The second-order valence-corrected chi connectivity index (χ2v) is 3.87. The molecule has 0 rings (SSSR count). The van der Waals surface area contributed by atoms with Crippen molar-refractivity contribution in [1.29, 1.82) is 0 Å². The van der Waals surface area contributed by atoms with Gasteiger partial charge in [-0.3, -0.25) is 9.59 Å². The van der Waals surface area contributed by atoms with Crippen molar-refractivity contribution in [3.8, 4) is 0 Å². The number of hydrogen-bond acceptors (Lipinski definition) is 5. The molecule has 0 aromatic carbocycles. The Morgan fingerprint density at radius 2 is 1.69 bits per heavy atom. The maximum absolute atomic E-state index is 11.5. The molecule has 0 saturated heterocycles. The van der Waals surface area contributed by atoms with Crippen molar-refractivity contribution in [3.05, 3.63) is 0 Å². The number of carbonyl (C=O) groups is 2. The first kappa shape index (κ1) is 15.2. The lowest BCUT2D eigenvalue weighted by Crippen LogP contribution is -2.55. The minimum atomic E-state index is -2.34. The van der Waals surface area contributed by atoms with Crippen LogP contribution in [0.5, 0.6) is 0 Å². The van der Waals surface area contributed by atoms with Crippen LogP contribution in [0.25, 0.3) is 0 Å². The van der Waals surface area contributed by atoms with Crippen LogP contribution in [-0.4, -0.2) is 45.2 Å². The molecule has 5 heteroatoms. The third kappa shape index (κ3) is 3.37. The molecule has 0 bridgehead atoms. The fourth-order valence-electron chi connectivity index (χ4n) is 1.42. The standard InChI is InChI=1S/C11H20O5/c1-3-5-8(13)10(15)11(16,7-12)9(14)6-4-2/h10,12,15-16H,3-7H2,1-2H3. The zero-order valence-electron chi connectivity index (χ0n) is 9.77. The summed E-state index contributed by atoms with van der Waals surface area (Å²) in [6.45, 7) is 2.54. The van der Waals surface area contributed by atoms with E-state index >= 15 is 0 Å². The summed E-state index contributed by atoms with van der Waals surface area (Å²) in [5.74, 6) is -1.32. The van der Waals surface area contributed by atoms with Crippen LogP contribution in [0.4, 0.5) is 0 Å². The van der Waals surface area contributed by atoms with Gasteiger partial charge in [-0.2, -0.15) is 0 Å². The number of ketones is 2. The molecule has 5 nitrogen and oxygen atoms in total. The van der Waals surface area contributed by atoms with Gasteiger partial charge in [0.1, 0.15) is 0 Å². The van der Waals surface area contributed by atoms with Crippen LogP contribution < -0.4 is 0 Å². The minimum Gasteiger partial charge on any atom is -0.393 e. The van der Waals surface area contributed by atoms with Crippen LogP contribution in [0, 0.1) is 0 Å². The van der Waals surface area contributed by atoms with E-state index < -0.39 is 29.9 Å². The van der Waals surface area contributed by atoms with Gasteiger partial charge < -0.3 is 15.3 Å². The average molecular weight is 232 g/mol. The molecule has 0 aliphatic heterocycles. The van der Waals surface area contributed by atoms with Crippen molar-refractivity contribution < 1.29 is 24.9 Å². The highest BCUT2D eigenvalue weighted by Gasteiger charge is 2.44. The van der Waals surface area contributed by atoms with E-state index in [4.69, 9.17) is 5.11 Å². The largest absolute Gasteiger partial charge is 0.393 e. The molecule has 94 valence electrons. The molecule has 0 fully saturated rings. The fourth-order valence-corrected chi connectivity index (χ4v) is 1.42. The van der Waals surface area contributed by atoms with Crippen LogP contribution in [0.3, 0.4) is 0 Å². The van der Waals surface area contributed by atoms with E-state index in [0.717, 1.165) is 0 Å². The van der Waals surface area contributed by atoms with Crippen LogP contribution in [0.2, 0.25) is 0 Å². The lowest BCUT2D eigenvalue weighted by molar-refractivity contribution is -0.165. The maximum Gasteiger partial charge on any atom is 0.178 e. The summed E-state index contributed by atoms with van der Waals surface area (Å²) in [4.78, 5) is 22.9. The van der Waals surface area contributed by atoms with E-state index in [9.17, 15) is 19.8 Å². The summed E-state index contributed by atoms with van der Waals surface area (Å²) >= 11 is 0. The Balaban J connectivity index is 4.80. The van der Waals surface area contributed by atoms with Gasteiger partial charge in [0.2, 0.25) is 0 Å². The smallest absolute Gasteiger partial charge is 0.178 e. The quantitative estimate of drug-likeness (QED) is 0.539. The molecular weight excluding hydrogens is 212 g/mol. The Bertz CT molecular complexity index is 251. The molecule has 0 aliphatic rings. The Morgan fingerprint density at radius 3 is 2.06 bits per heavy atom. The normalized spacial score (nSPS) is 16.6. The molecule has 0 saturated carbocycles. The van der Waals surface area contributed by atoms with Crippen molar-refractivity contribution in [1.82, 2.24) is 0 Å². The van der Waals surface area contributed by atoms with Gasteiger partial charge in [0.05, 0.1) is 6.61 Å². The summed E-state index contributed by atoms with van der Waals surface area (Å²) in [5.41, 5.74) is -2.34. The second-order valence-electron chi connectivity index (χ2n) is 3.87. The number of Topliss-reactive ketones (excluding diaryl/α,β-unsaturated/α-hetero) is 2. The van der Waals surface area contributed by atoms with Gasteiger partial charge in [-0.1, -0.05) is 13.8 Å². The molecule has 0 aromatic heterocycles. The number of carbonyl (C=O) groups excluding carboxylic acids is 2. The lowest BCUT2D eigenvalue weighted by atomic mass is 9.86. The molecule has 0 spiro atoms.